The summed E-state index contributed by atoms with van der Waals surface area (Å²) in [5.74, 6) is 4.32. The summed E-state index contributed by atoms with van der Waals surface area (Å²) in [6.07, 6.45) is 0. The first-order valence-corrected chi connectivity index (χ1v) is 4.35. The second-order valence-electron chi connectivity index (χ2n) is 2.84. The number of hydrogen-bond acceptors (Lipinski definition) is 3. The Balaban J connectivity index is 3.14. The zero-order chi connectivity index (χ0) is 11.3. The molecule has 0 fully saturated rings. The van der Waals surface area contributed by atoms with Crippen LogP contribution in [0.3, 0.4) is 0 Å². The van der Waals surface area contributed by atoms with E-state index in [0.29, 0.717) is 11.1 Å². The Morgan fingerprint density at radius 3 is 2.53 bits per heavy atom. The molecule has 0 saturated carbocycles. The zero-order valence-electron chi connectivity index (χ0n) is 8.53. The van der Waals surface area contributed by atoms with Gasteiger partial charge < -0.3 is 4.74 Å². The van der Waals surface area contributed by atoms with E-state index in [1.807, 2.05) is 0 Å². The molecule has 3 heteroatoms. The molecule has 0 radical (unpaired) electrons. The molecule has 0 unspecified atom stereocenters. The van der Waals surface area contributed by atoms with Crippen molar-refractivity contribution >= 4 is 11.8 Å². The van der Waals surface area contributed by atoms with E-state index < -0.39 is 5.97 Å². The van der Waals surface area contributed by atoms with Gasteiger partial charge in [-0.25, -0.2) is 4.79 Å². The van der Waals surface area contributed by atoms with Crippen LogP contribution in [0.5, 0.6) is 0 Å². The molecule has 1 aromatic carbocycles. The second-order valence-corrected chi connectivity index (χ2v) is 2.84. The van der Waals surface area contributed by atoms with E-state index in [9.17, 15) is 9.59 Å². The summed E-state index contributed by atoms with van der Waals surface area (Å²) < 4.78 is 4.59. The number of Topliss-reactive ketones (excluding diaryl/α,β-unsaturated/α-hetero) is 1. The van der Waals surface area contributed by atoms with Crippen molar-refractivity contribution < 1.29 is 14.3 Å². The number of carbonyl (C=O) groups excluding carboxylic acids is 2. The topological polar surface area (TPSA) is 43.4 Å². The van der Waals surface area contributed by atoms with Crippen LogP contribution in [0, 0.1) is 11.8 Å². The second kappa shape index (κ2) is 4.97. The van der Waals surface area contributed by atoms with Gasteiger partial charge in [0, 0.05) is 12.5 Å². The monoisotopic (exact) mass is 202 g/mol. The molecule has 0 N–H and O–H groups in total. The molecule has 1 rings (SSSR count). The van der Waals surface area contributed by atoms with Gasteiger partial charge in [0.15, 0.2) is 0 Å². The summed E-state index contributed by atoms with van der Waals surface area (Å²) in [6.45, 7) is 1.37. The van der Waals surface area contributed by atoms with Crippen LogP contribution in [-0.2, 0) is 9.53 Å². The van der Waals surface area contributed by atoms with Crippen LogP contribution in [0.15, 0.2) is 24.3 Å². The number of methoxy groups -OCH3 is 1. The predicted molar refractivity (Wildman–Crippen MR) is 55.3 cm³/mol. The molecule has 0 aromatic heterocycles. The summed E-state index contributed by atoms with van der Waals surface area (Å²) in [5, 5.41) is 0. The summed E-state index contributed by atoms with van der Waals surface area (Å²) in [4.78, 5) is 22.0. The van der Waals surface area contributed by atoms with E-state index in [2.05, 4.69) is 16.6 Å². The van der Waals surface area contributed by atoms with E-state index in [1.165, 1.54) is 14.0 Å². The van der Waals surface area contributed by atoms with Crippen molar-refractivity contribution in [1.29, 1.82) is 0 Å². The zero-order valence-corrected chi connectivity index (χ0v) is 8.53. The lowest BCUT2D eigenvalue weighted by molar-refractivity contribution is -0.111. The van der Waals surface area contributed by atoms with Crippen LogP contribution in [0.4, 0.5) is 0 Å². The SMILES string of the molecule is COC(=O)c1ccccc1C#CC(C)=O. The van der Waals surface area contributed by atoms with Crippen LogP contribution >= 0.6 is 0 Å². The maximum Gasteiger partial charge on any atom is 0.339 e. The number of hydrogen-bond donors (Lipinski definition) is 0. The average Bonchev–Trinajstić information content (AvgIpc) is 2.25. The molecule has 15 heavy (non-hydrogen) atoms. The minimum Gasteiger partial charge on any atom is -0.465 e. The van der Waals surface area contributed by atoms with E-state index in [0.717, 1.165) is 0 Å². The van der Waals surface area contributed by atoms with Gasteiger partial charge in [-0.15, -0.1) is 0 Å². The Morgan fingerprint density at radius 1 is 1.27 bits per heavy atom. The van der Waals surface area contributed by atoms with Gasteiger partial charge in [0.1, 0.15) is 0 Å². The van der Waals surface area contributed by atoms with Crippen molar-refractivity contribution in [2.24, 2.45) is 0 Å². The van der Waals surface area contributed by atoms with Gasteiger partial charge in [-0.1, -0.05) is 18.1 Å². The Hall–Kier alpha value is -2.08. The fraction of sp³-hybridized carbons (Fsp3) is 0.167. The maximum absolute atomic E-state index is 11.3. The third kappa shape index (κ3) is 2.96. The van der Waals surface area contributed by atoms with Crippen LogP contribution in [-0.4, -0.2) is 18.9 Å². The van der Waals surface area contributed by atoms with Crippen molar-refractivity contribution in [2.75, 3.05) is 7.11 Å². The van der Waals surface area contributed by atoms with Gasteiger partial charge in [-0.3, -0.25) is 4.79 Å². The van der Waals surface area contributed by atoms with E-state index in [1.54, 1.807) is 24.3 Å². The van der Waals surface area contributed by atoms with E-state index in [-0.39, 0.29) is 5.78 Å². The van der Waals surface area contributed by atoms with Crippen LogP contribution in [0.2, 0.25) is 0 Å². The number of carbonyl (C=O) groups is 2. The fourth-order valence-corrected chi connectivity index (χ4v) is 1.04. The molecular formula is C12H10O3. The molecule has 0 aliphatic rings. The van der Waals surface area contributed by atoms with Gasteiger partial charge in [-0.2, -0.15) is 0 Å². The van der Waals surface area contributed by atoms with Gasteiger partial charge in [0.25, 0.3) is 0 Å². The average molecular weight is 202 g/mol. The van der Waals surface area contributed by atoms with Gasteiger partial charge >= 0.3 is 5.97 Å². The molecule has 0 bridgehead atoms. The molecule has 0 amide bonds. The van der Waals surface area contributed by atoms with Gasteiger partial charge in [0.05, 0.1) is 12.7 Å². The third-order valence-electron chi connectivity index (χ3n) is 1.71. The van der Waals surface area contributed by atoms with Crippen molar-refractivity contribution in [1.82, 2.24) is 0 Å². The first-order valence-electron chi connectivity index (χ1n) is 4.35. The molecule has 0 aliphatic heterocycles. The third-order valence-corrected chi connectivity index (χ3v) is 1.71. The van der Waals surface area contributed by atoms with Crippen LogP contribution < -0.4 is 0 Å². The molecule has 0 saturated heterocycles. The number of ether oxygens (including phenoxy) is 1. The maximum atomic E-state index is 11.3. The van der Waals surface area contributed by atoms with E-state index >= 15 is 0 Å². The van der Waals surface area contributed by atoms with Crippen LogP contribution in [0.25, 0.3) is 0 Å². The highest BCUT2D eigenvalue weighted by atomic mass is 16.5. The summed E-state index contributed by atoms with van der Waals surface area (Å²) in [5.41, 5.74) is 0.869. The summed E-state index contributed by atoms with van der Waals surface area (Å²) >= 11 is 0. The minimum absolute atomic E-state index is 0.241. The Labute approximate surface area is 88.1 Å². The van der Waals surface area contributed by atoms with Crippen molar-refractivity contribution in [3.8, 4) is 11.8 Å². The highest BCUT2D eigenvalue weighted by Gasteiger charge is 2.08. The lowest BCUT2D eigenvalue weighted by Crippen LogP contribution is -2.03. The normalized spacial score (nSPS) is 8.67. The lowest BCUT2D eigenvalue weighted by atomic mass is 10.1. The Kier molecular flexibility index (Phi) is 3.64. The van der Waals surface area contributed by atoms with Gasteiger partial charge in [-0.05, 0) is 18.1 Å². The Morgan fingerprint density at radius 2 is 1.93 bits per heavy atom. The minimum atomic E-state index is -0.455. The molecule has 0 aliphatic carbocycles. The quantitative estimate of drug-likeness (QED) is 0.511. The molecule has 76 valence electrons. The molecule has 1 aromatic rings. The highest BCUT2D eigenvalue weighted by molar-refractivity contribution is 5.96. The van der Waals surface area contributed by atoms with Crippen molar-refractivity contribution in [3.63, 3.8) is 0 Å². The molecule has 0 atom stereocenters. The fourth-order valence-electron chi connectivity index (χ4n) is 1.04. The number of rotatable bonds is 1. The smallest absolute Gasteiger partial charge is 0.339 e. The lowest BCUT2D eigenvalue weighted by Gasteiger charge is -2.00. The summed E-state index contributed by atoms with van der Waals surface area (Å²) in [7, 11) is 1.30. The van der Waals surface area contributed by atoms with Crippen molar-refractivity contribution in [2.45, 2.75) is 6.92 Å². The predicted octanol–water partition coefficient (Wildman–Crippen LogP) is 1.41. The first kappa shape index (κ1) is 11.0. The summed E-state index contributed by atoms with van der Waals surface area (Å²) in [6, 6.07) is 6.74. The van der Waals surface area contributed by atoms with Crippen LogP contribution in [0.1, 0.15) is 22.8 Å². The molecule has 0 spiro atoms. The first-order chi connectivity index (χ1) is 7.15. The highest BCUT2D eigenvalue weighted by Crippen LogP contribution is 2.08. The number of ketones is 1. The molecular weight excluding hydrogens is 192 g/mol. The van der Waals surface area contributed by atoms with Crippen molar-refractivity contribution in [3.05, 3.63) is 35.4 Å². The number of esters is 1. The van der Waals surface area contributed by atoms with Gasteiger partial charge in [0.2, 0.25) is 5.78 Å². The molecule has 3 nitrogen and oxygen atoms in total. The largest absolute Gasteiger partial charge is 0.465 e. The van der Waals surface area contributed by atoms with E-state index in [4.69, 9.17) is 0 Å². The Bertz CT molecular complexity index is 449. The standard InChI is InChI=1S/C12H10O3/c1-9(13)7-8-10-5-3-4-6-11(10)12(14)15-2/h3-6H,1-2H3. The number of benzene rings is 1. The molecule has 0 heterocycles.